The maximum atomic E-state index is 11.9. The second-order valence-electron chi connectivity index (χ2n) is 8.07. The molecule has 1 atom stereocenters. The summed E-state index contributed by atoms with van der Waals surface area (Å²) in [7, 11) is 0. The van der Waals surface area contributed by atoms with Crippen molar-refractivity contribution in [1.29, 1.82) is 0 Å². The van der Waals surface area contributed by atoms with Gasteiger partial charge in [-0.05, 0) is 25.7 Å². The van der Waals surface area contributed by atoms with Crippen LogP contribution >= 0.6 is 0 Å². The highest BCUT2D eigenvalue weighted by Gasteiger charge is 2.46. The van der Waals surface area contributed by atoms with Gasteiger partial charge in [0.2, 0.25) is 0 Å². The Bertz CT molecular complexity index is 361. The maximum Gasteiger partial charge on any atom is 0.511 e. The van der Waals surface area contributed by atoms with Crippen LogP contribution in [0.15, 0.2) is 0 Å². The van der Waals surface area contributed by atoms with E-state index in [1.807, 2.05) is 13.8 Å². The molecule has 1 saturated heterocycles. The number of ether oxygens (including phenoxy) is 2. The van der Waals surface area contributed by atoms with E-state index in [1.165, 1.54) is 0 Å². The minimum Gasteiger partial charge on any atom is -0.428 e. The third kappa shape index (κ3) is 4.35. The van der Waals surface area contributed by atoms with Crippen LogP contribution in [0.1, 0.15) is 61.8 Å². The van der Waals surface area contributed by atoms with Gasteiger partial charge in [0.05, 0.1) is 0 Å². The summed E-state index contributed by atoms with van der Waals surface area (Å²) in [5.74, 6) is -1.03. The summed E-state index contributed by atoms with van der Waals surface area (Å²) in [4.78, 5) is 21.2. The Morgan fingerprint density at radius 3 is 2.00 bits per heavy atom. The first-order chi connectivity index (χ1) is 8.77. The molecule has 1 rings (SSSR count). The molecule has 0 amide bonds. The van der Waals surface area contributed by atoms with Crippen LogP contribution in [0.2, 0.25) is 0 Å². The van der Waals surface area contributed by atoms with E-state index in [4.69, 9.17) is 14.4 Å². The molecule has 1 aliphatic heterocycles. The molecule has 0 aromatic carbocycles. The fourth-order valence-corrected chi connectivity index (χ4v) is 2.35. The summed E-state index contributed by atoms with van der Waals surface area (Å²) in [6.07, 6.45) is 0.180. The van der Waals surface area contributed by atoms with E-state index >= 15 is 0 Å². The molecule has 0 saturated carbocycles. The van der Waals surface area contributed by atoms with Crippen molar-refractivity contribution in [2.75, 3.05) is 6.61 Å². The zero-order valence-electron chi connectivity index (χ0n) is 14.0. The summed E-state index contributed by atoms with van der Waals surface area (Å²) < 4.78 is 10.6. The van der Waals surface area contributed by atoms with Gasteiger partial charge in [-0.2, -0.15) is 4.89 Å². The van der Waals surface area contributed by atoms with Crippen LogP contribution in [0.4, 0.5) is 4.79 Å². The van der Waals surface area contributed by atoms with Crippen molar-refractivity contribution in [1.82, 2.24) is 0 Å². The number of hydrogen-bond donors (Lipinski definition) is 0. The summed E-state index contributed by atoms with van der Waals surface area (Å²) in [5.41, 5.74) is -0.703. The van der Waals surface area contributed by atoms with Crippen LogP contribution in [-0.2, 0) is 19.2 Å². The topological polar surface area (TPSA) is 54.0 Å². The Hall–Kier alpha value is -0.810. The third-order valence-corrected chi connectivity index (χ3v) is 3.80. The van der Waals surface area contributed by atoms with Gasteiger partial charge < -0.3 is 9.47 Å². The van der Waals surface area contributed by atoms with E-state index in [0.717, 1.165) is 6.42 Å². The standard InChI is InChI=1S/C15H28O5/c1-12(2,3)9-13(4,5)14(6,7)18-11(16)19-15(8)10-17-20-15/h9-10H2,1-8H3. The first kappa shape index (κ1) is 17.2. The van der Waals surface area contributed by atoms with Crippen molar-refractivity contribution in [2.45, 2.75) is 73.2 Å². The van der Waals surface area contributed by atoms with E-state index in [9.17, 15) is 4.79 Å². The van der Waals surface area contributed by atoms with Crippen molar-refractivity contribution >= 4 is 6.16 Å². The normalized spacial score (nSPS) is 24.0. The molecule has 0 aromatic heterocycles. The van der Waals surface area contributed by atoms with Gasteiger partial charge in [-0.1, -0.05) is 34.6 Å². The van der Waals surface area contributed by atoms with E-state index in [1.54, 1.807) is 6.92 Å². The number of carbonyl (C=O) groups is 1. The number of rotatable bonds is 4. The van der Waals surface area contributed by atoms with Crippen molar-refractivity contribution in [2.24, 2.45) is 10.8 Å². The molecule has 0 aromatic rings. The summed E-state index contributed by atoms with van der Waals surface area (Å²) >= 11 is 0. The molecular weight excluding hydrogens is 260 g/mol. The minimum absolute atomic E-state index is 0.144. The molecule has 118 valence electrons. The Balaban J connectivity index is 2.65. The SMILES string of the molecule is CC(C)(C)CC(C)(C)C(C)(C)OC(=O)OC1(C)COO1. The van der Waals surface area contributed by atoms with E-state index in [0.29, 0.717) is 0 Å². The fraction of sp³-hybridized carbons (Fsp3) is 0.933. The molecule has 0 N–H and O–H groups in total. The molecule has 0 aliphatic carbocycles. The van der Waals surface area contributed by atoms with Crippen LogP contribution in [0.5, 0.6) is 0 Å². The highest BCUT2D eigenvalue weighted by Crippen LogP contribution is 2.43. The lowest BCUT2D eigenvalue weighted by atomic mass is 9.67. The van der Waals surface area contributed by atoms with E-state index in [2.05, 4.69) is 39.5 Å². The lowest BCUT2D eigenvalue weighted by molar-refractivity contribution is -0.522. The second kappa shape index (κ2) is 5.19. The van der Waals surface area contributed by atoms with Crippen molar-refractivity contribution in [3.05, 3.63) is 0 Å². The quantitative estimate of drug-likeness (QED) is 0.577. The molecule has 1 unspecified atom stereocenters. The van der Waals surface area contributed by atoms with Gasteiger partial charge in [-0.3, -0.25) is 0 Å². The number of carbonyl (C=O) groups excluding carboxylic acids is 1. The van der Waals surface area contributed by atoms with Gasteiger partial charge in [0, 0.05) is 12.3 Å². The molecule has 0 radical (unpaired) electrons. The monoisotopic (exact) mass is 288 g/mol. The number of hydrogen-bond acceptors (Lipinski definition) is 5. The van der Waals surface area contributed by atoms with Crippen molar-refractivity contribution in [3.63, 3.8) is 0 Å². The summed E-state index contributed by atoms with van der Waals surface area (Å²) in [6.45, 7) is 16.4. The predicted molar refractivity (Wildman–Crippen MR) is 74.9 cm³/mol. The lowest BCUT2D eigenvalue weighted by Crippen LogP contribution is -2.51. The molecular formula is C15H28O5. The first-order valence-corrected chi connectivity index (χ1v) is 6.99. The van der Waals surface area contributed by atoms with Crippen molar-refractivity contribution < 1.29 is 24.0 Å². The smallest absolute Gasteiger partial charge is 0.428 e. The average Bonchev–Trinajstić information content (AvgIpc) is 2.09. The third-order valence-electron chi connectivity index (χ3n) is 3.80. The van der Waals surface area contributed by atoms with Crippen LogP contribution in [0.3, 0.4) is 0 Å². The van der Waals surface area contributed by atoms with E-state index < -0.39 is 17.5 Å². The fourth-order valence-electron chi connectivity index (χ4n) is 2.35. The Kier molecular flexibility index (Phi) is 4.47. The molecule has 5 heteroatoms. The minimum atomic E-state index is -1.03. The Labute approximate surface area is 121 Å². The van der Waals surface area contributed by atoms with Gasteiger partial charge in [-0.25, -0.2) is 9.68 Å². The molecule has 0 spiro atoms. The van der Waals surface area contributed by atoms with Gasteiger partial charge >= 0.3 is 6.16 Å². The molecule has 1 heterocycles. The zero-order valence-corrected chi connectivity index (χ0v) is 14.0. The molecule has 1 aliphatic rings. The van der Waals surface area contributed by atoms with Crippen molar-refractivity contribution in [3.8, 4) is 0 Å². The Morgan fingerprint density at radius 2 is 1.65 bits per heavy atom. The lowest BCUT2D eigenvalue weighted by Gasteiger charge is -2.44. The largest absolute Gasteiger partial charge is 0.511 e. The summed E-state index contributed by atoms with van der Waals surface area (Å²) in [5, 5.41) is 0. The van der Waals surface area contributed by atoms with Crippen LogP contribution < -0.4 is 0 Å². The average molecular weight is 288 g/mol. The van der Waals surface area contributed by atoms with Crippen LogP contribution in [0.25, 0.3) is 0 Å². The van der Waals surface area contributed by atoms with Gasteiger partial charge in [-0.15, -0.1) is 0 Å². The highest BCUT2D eigenvalue weighted by atomic mass is 17.3. The van der Waals surface area contributed by atoms with Gasteiger partial charge in [0.15, 0.2) is 6.61 Å². The maximum absolute atomic E-state index is 11.9. The second-order valence-corrected chi connectivity index (χ2v) is 8.07. The molecule has 1 fully saturated rings. The van der Waals surface area contributed by atoms with E-state index in [-0.39, 0.29) is 17.4 Å². The van der Waals surface area contributed by atoms with Gasteiger partial charge in [0.25, 0.3) is 5.79 Å². The highest BCUT2D eigenvalue weighted by molar-refractivity contribution is 5.61. The predicted octanol–water partition coefficient (Wildman–Crippen LogP) is 4.06. The summed E-state index contributed by atoms with van der Waals surface area (Å²) in [6, 6.07) is 0. The Morgan fingerprint density at radius 1 is 1.15 bits per heavy atom. The molecule has 20 heavy (non-hydrogen) atoms. The van der Waals surface area contributed by atoms with Crippen LogP contribution in [-0.4, -0.2) is 24.2 Å². The first-order valence-electron chi connectivity index (χ1n) is 6.99. The van der Waals surface area contributed by atoms with Gasteiger partial charge in [0.1, 0.15) is 5.60 Å². The van der Waals surface area contributed by atoms with Crippen LogP contribution in [0, 0.1) is 10.8 Å². The zero-order chi connectivity index (χ0) is 15.8. The molecule has 0 bridgehead atoms. The molecule has 5 nitrogen and oxygen atoms in total.